The van der Waals surface area contributed by atoms with Crippen molar-refractivity contribution >= 4 is 5.97 Å². The van der Waals surface area contributed by atoms with Crippen LogP contribution in [-0.2, 0) is 4.79 Å². The third-order valence-corrected chi connectivity index (χ3v) is 1.67. The first kappa shape index (κ1) is 14.7. The van der Waals surface area contributed by atoms with Gasteiger partial charge in [0, 0.05) is 0 Å². The zero-order chi connectivity index (χ0) is 10.7. The van der Waals surface area contributed by atoms with Crippen LogP contribution < -0.4 is 0 Å². The van der Waals surface area contributed by atoms with Gasteiger partial charge in [0.2, 0.25) is 0 Å². The van der Waals surface area contributed by atoms with Gasteiger partial charge in [-0.05, 0) is 19.3 Å². The molecule has 2 nitrogen and oxygen atoms in total. The molecule has 0 fully saturated rings. The minimum Gasteiger partial charge on any atom is -0.481 e. The highest BCUT2D eigenvalue weighted by molar-refractivity contribution is 5.69. The summed E-state index contributed by atoms with van der Waals surface area (Å²) in [7, 11) is 0. The molecule has 1 atom stereocenters. The lowest BCUT2D eigenvalue weighted by atomic mass is 10.1. The van der Waals surface area contributed by atoms with Gasteiger partial charge in [-0.15, -0.1) is 0 Å². The summed E-state index contributed by atoms with van der Waals surface area (Å²) in [5.41, 5.74) is 0. The molecule has 2 heteroatoms. The first-order valence-electron chi connectivity index (χ1n) is 4.97. The van der Waals surface area contributed by atoms with Gasteiger partial charge in [0.25, 0.3) is 0 Å². The summed E-state index contributed by atoms with van der Waals surface area (Å²) >= 11 is 0. The van der Waals surface area contributed by atoms with E-state index in [0.29, 0.717) is 0 Å². The Balaban J connectivity index is 0. The topological polar surface area (TPSA) is 37.3 Å². The van der Waals surface area contributed by atoms with Crippen LogP contribution in [0, 0.1) is 5.92 Å². The fourth-order valence-electron chi connectivity index (χ4n) is 0.508. The summed E-state index contributed by atoms with van der Waals surface area (Å²) in [5, 5.41) is 8.18. The van der Waals surface area contributed by atoms with Crippen molar-refractivity contribution in [3.05, 3.63) is 12.2 Å². The summed E-state index contributed by atoms with van der Waals surface area (Å²) in [4.78, 5) is 9.93. The molecule has 13 heavy (non-hydrogen) atoms. The Morgan fingerprint density at radius 3 is 1.69 bits per heavy atom. The molecule has 0 aromatic carbocycles. The van der Waals surface area contributed by atoms with E-state index in [0.717, 1.165) is 6.42 Å². The molecule has 0 spiro atoms. The molecule has 0 aliphatic rings. The van der Waals surface area contributed by atoms with E-state index in [2.05, 4.69) is 26.0 Å². The lowest BCUT2D eigenvalue weighted by Crippen LogP contribution is -2.06. The lowest BCUT2D eigenvalue weighted by Gasteiger charge is -1.96. The number of rotatable bonds is 4. The molecule has 0 aromatic rings. The third kappa shape index (κ3) is 14.1. The van der Waals surface area contributed by atoms with E-state index in [-0.39, 0.29) is 5.92 Å². The van der Waals surface area contributed by atoms with E-state index >= 15 is 0 Å². The highest BCUT2D eigenvalue weighted by atomic mass is 16.4. The second-order valence-electron chi connectivity index (χ2n) is 2.94. The lowest BCUT2D eigenvalue weighted by molar-refractivity contribution is -0.141. The van der Waals surface area contributed by atoms with Gasteiger partial charge in [0.05, 0.1) is 5.92 Å². The second-order valence-corrected chi connectivity index (χ2v) is 2.94. The van der Waals surface area contributed by atoms with Crippen molar-refractivity contribution in [3.8, 4) is 0 Å². The van der Waals surface area contributed by atoms with E-state index in [9.17, 15) is 4.79 Å². The van der Waals surface area contributed by atoms with E-state index < -0.39 is 5.97 Å². The molecule has 0 aliphatic carbocycles. The molecule has 0 saturated heterocycles. The van der Waals surface area contributed by atoms with E-state index in [1.165, 1.54) is 12.8 Å². The first-order chi connectivity index (χ1) is 6.09. The first-order valence-corrected chi connectivity index (χ1v) is 4.97. The quantitative estimate of drug-likeness (QED) is 0.682. The van der Waals surface area contributed by atoms with Crippen LogP contribution in [0.4, 0.5) is 0 Å². The molecule has 78 valence electrons. The molecule has 0 saturated carbocycles. The predicted molar refractivity (Wildman–Crippen MR) is 56.8 cm³/mol. The van der Waals surface area contributed by atoms with Crippen LogP contribution in [-0.4, -0.2) is 11.1 Å². The second kappa shape index (κ2) is 11.2. The maximum atomic E-state index is 9.93. The van der Waals surface area contributed by atoms with E-state index in [1.807, 2.05) is 6.92 Å². The molecule has 0 bridgehead atoms. The largest absolute Gasteiger partial charge is 0.481 e. The maximum absolute atomic E-state index is 9.93. The fourth-order valence-corrected chi connectivity index (χ4v) is 0.508. The Morgan fingerprint density at radius 1 is 1.23 bits per heavy atom. The predicted octanol–water partition coefficient (Wildman–Crippen LogP) is 3.48. The Labute approximate surface area is 81.7 Å². The number of hydrogen-bond acceptors (Lipinski definition) is 1. The zero-order valence-corrected chi connectivity index (χ0v) is 9.21. The molecule has 0 aromatic heterocycles. The van der Waals surface area contributed by atoms with Gasteiger partial charge in [-0.25, -0.2) is 0 Å². The minimum absolute atomic E-state index is 0.181. The summed E-state index contributed by atoms with van der Waals surface area (Å²) in [6.45, 7) is 7.85. The van der Waals surface area contributed by atoms with Gasteiger partial charge in [-0.2, -0.15) is 0 Å². The number of carboxylic acids is 1. The van der Waals surface area contributed by atoms with Gasteiger partial charge in [-0.1, -0.05) is 39.8 Å². The Hall–Kier alpha value is -0.790. The molecule has 0 amide bonds. The smallest absolute Gasteiger partial charge is 0.306 e. The van der Waals surface area contributed by atoms with Crippen molar-refractivity contribution in [2.75, 3.05) is 0 Å². The van der Waals surface area contributed by atoms with Crippen LogP contribution in [0.5, 0.6) is 0 Å². The normalized spacial score (nSPS) is 12.0. The molecule has 1 unspecified atom stereocenters. The Kier molecular flexibility index (Phi) is 12.7. The fraction of sp³-hybridized carbons (Fsp3) is 0.727. The number of carbonyl (C=O) groups is 1. The molecule has 0 radical (unpaired) electrons. The minimum atomic E-state index is -0.706. The van der Waals surface area contributed by atoms with Gasteiger partial charge in [0.15, 0.2) is 0 Å². The van der Waals surface area contributed by atoms with Crippen LogP contribution in [0.1, 0.15) is 47.0 Å². The Bertz CT molecular complexity index is 133. The van der Waals surface area contributed by atoms with Crippen molar-refractivity contribution in [2.24, 2.45) is 5.92 Å². The van der Waals surface area contributed by atoms with Crippen molar-refractivity contribution in [1.29, 1.82) is 0 Å². The van der Waals surface area contributed by atoms with Crippen LogP contribution in [0.25, 0.3) is 0 Å². The molecule has 1 N–H and O–H groups in total. The Morgan fingerprint density at radius 2 is 1.62 bits per heavy atom. The SMILES string of the molecule is CCC(C)C(=O)O.CCC=CCC. The van der Waals surface area contributed by atoms with Crippen molar-refractivity contribution in [2.45, 2.75) is 47.0 Å². The van der Waals surface area contributed by atoms with Gasteiger partial charge in [0.1, 0.15) is 0 Å². The number of allylic oxidation sites excluding steroid dienone is 2. The average Bonchev–Trinajstić information content (AvgIpc) is 2.14. The summed E-state index contributed by atoms with van der Waals surface area (Å²) in [6, 6.07) is 0. The van der Waals surface area contributed by atoms with E-state index in [4.69, 9.17) is 5.11 Å². The molecule has 0 heterocycles. The summed E-state index contributed by atoms with van der Waals surface area (Å²) in [5.74, 6) is -0.887. The van der Waals surface area contributed by atoms with Gasteiger partial charge >= 0.3 is 5.97 Å². The van der Waals surface area contributed by atoms with Crippen LogP contribution in [0.15, 0.2) is 12.2 Å². The van der Waals surface area contributed by atoms with Gasteiger partial charge < -0.3 is 5.11 Å². The average molecular weight is 186 g/mol. The standard InChI is InChI=1S/C6H12.C5H10O2/c1-3-5-6-4-2;1-3-4(2)5(6)7/h5-6H,3-4H2,1-2H3;4H,3H2,1-2H3,(H,6,7). The monoisotopic (exact) mass is 186 g/mol. The third-order valence-electron chi connectivity index (χ3n) is 1.67. The maximum Gasteiger partial charge on any atom is 0.306 e. The van der Waals surface area contributed by atoms with Gasteiger partial charge in [-0.3, -0.25) is 4.79 Å². The van der Waals surface area contributed by atoms with E-state index in [1.54, 1.807) is 6.92 Å². The summed E-state index contributed by atoms with van der Waals surface area (Å²) in [6.07, 6.45) is 7.43. The van der Waals surface area contributed by atoms with Crippen molar-refractivity contribution in [1.82, 2.24) is 0 Å². The number of aliphatic carboxylic acids is 1. The van der Waals surface area contributed by atoms with Crippen molar-refractivity contribution in [3.63, 3.8) is 0 Å². The number of hydrogen-bond donors (Lipinski definition) is 1. The highest BCUT2D eigenvalue weighted by Gasteiger charge is 2.05. The van der Waals surface area contributed by atoms with Crippen LogP contribution >= 0.6 is 0 Å². The van der Waals surface area contributed by atoms with Crippen molar-refractivity contribution < 1.29 is 9.90 Å². The summed E-state index contributed by atoms with van der Waals surface area (Å²) < 4.78 is 0. The van der Waals surface area contributed by atoms with Crippen LogP contribution in [0.2, 0.25) is 0 Å². The molecular formula is C11H22O2. The molecule has 0 aliphatic heterocycles. The molecule has 0 rings (SSSR count). The molecular weight excluding hydrogens is 164 g/mol. The number of carboxylic acid groups (broad SMARTS) is 1. The highest BCUT2D eigenvalue weighted by Crippen LogP contribution is 1.97. The zero-order valence-electron chi connectivity index (χ0n) is 9.21. The van der Waals surface area contributed by atoms with Crippen LogP contribution in [0.3, 0.4) is 0 Å².